The number of piperidine rings is 1. The van der Waals surface area contributed by atoms with Gasteiger partial charge in [0.15, 0.2) is 5.13 Å². The molecule has 30 heavy (non-hydrogen) atoms. The minimum atomic E-state index is -1.05. The number of methoxy groups -OCH3 is 1. The van der Waals surface area contributed by atoms with Crippen LogP contribution in [0.5, 0.6) is 0 Å². The fraction of sp³-hybridized carbons (Fsp3) is 0.579. The van der Waals surface area contributed by atoms with Crippen molar-refractivity contribution in [2.75, 3.05) is 25.1 Å². The number of nitrogens with one attached hydrogen (secondary N) is 1. The molecule has 2 rings (SSSR count). The van der Waals surface area contributed by atoms with Crippen LogP contribution in [-0.2, 0) is 14.5 Å². The first-order valence-corrected chi connectivity index (χ1v) is 10.7. The van der Waals surface area contributed by atoms with Gasteiger partial charge in [0.1, 0.15) is 15.7 Å². The van der Waals surface area contributed by atoms with Crippen LogP contribution in [0.3, 0.4) is 0 Å². The van der Waals surface area contributed by atoms with E-state index in [0.29, 0.717) is 35.5 Å². The van der Waals surface area contributed by atoms with Crippen molar-refractivity contribution >= 4 is 45.7 Å². The van der Waals surface area contributed by atoms with Gasteiger partial charge in [-0.2, -0.15) is 0 Å². The molecule has 2 heterocycles. The lowest BCUT2D eigenvalue weighted by atomic mass is 10.0. The smallest absolute Gasteiger partial charge is 0.377 e. The monoisotopic (exact) mass is 460 g/mol. The topological polar surface area (TPSA) is 93.1 Å². The summed E-state index contributed by atoms with van der Waals surface area (Å²) in [7, 11) is 1.57. The van der Waals surface area contributed by atoms with E-state index in [-0.39, 0.29) is 28.6 Å². The minimum Gasteiger partial charge on any atom is -0.377 e. The number of anilines is 1. The molecule has 1 fully saturated rings. The Balaban J connectivity index is 2.07. The summed E-state index contributed by atoms with van der Waals surface area (Å²) in [5, 5.41) is 3.85. The molecule has 2 atom stereocenters. The number of nitrogens with zero attached hydrogens (tertiary/aromatic N) is 3. The van der Waals surface area contributed by atoms with E-state index in [2.05, 4.69) is 20.2 Å². The Bertz CT molecular complexity index is 858. The van der Waals surface area contributed by atoms with E-state index in [4.69, 9.17) is 16.3 Å². The van der Waals surface area contributed by atoms with Crippen LogP contribution in [0.4, 0.5) is 9.66 Å². The highest BCUT2D eigenvalue weighted by Gasteiger charge is 2.33. The summed E-state index contributed by atoms with van der Waals surface area (Å²) < 4.78 is 17.8. The lowest BCUT2D eigenvalue weighted by molar-refractivity contribution is -0.116. The van der Waals surface area contributed by atoms with Crippen LogP contribution in [0.2, 0.25) is 0 Å². The summed E-state index contributed by atoms with van der Waals surface area (Å²) in [5.41, 5.74) is 1.58. The van der Waals surface area contributed by atoms with Gasteiger partial charge in [0.2, 0.25) is 0 Å². The van der Waals surface area contributed by atoms with Crippen LogP contribution in [0.15, 0.2) is 15.7 Å². The molecular weight excluding hydrogens is 435 g/mol. The highest BCUT2D eigenvalue weighted by atomic mass is 35.5. The highest BCUT2D eigenvalue weighted by Crippen LogP contribution is 2.29. The molecule has 0 saturated carbocycles. The Labute approximate surface area is 184 Å². The number of hydrogen-bond acceptors (Lipinski definition) is 8. The molecule has 0 aliphatic carbocycles. The van der Waals surface area contributed by atoms with E-state index >= 15 is 0 Å². The number of hydrogen-bond donors (Lipinski definition) is 1. The van der Waals surface area contributed by atoms with Gasteiger partial charge >= 0.3 is 5.97 Å². The van der Waals surface area contributed by atoms with Gasteiger partial charge in [0, 0.05) is 24.7 Å². The van der Waals surface area contributed by atoms with Crippen molar-refractivity contribution in [3.8, 4) is 0 Å². The maximum atomic E-state index is 12.5. The fourth-order valence-corrected chi connectivity index (χ4v) is 4.18. The highest BCUT2D eigenvalue weighted by molar-refractivity contribution is 7.17. The van der Waals surface area contributed by atoms with Gasteiger partial charge in [-0.05, 0) is 39.2 Å². The zero-order valence-corrected chi connectivity index (χ0v) is 19.2. The number of halogens is 2. The third-order valence-corrected chi connectivity index (χ3v) is 6.57. The van der Waals surface area contributed by atoms with Crippen LogP contribution in [0.1, 0.15) is 49.0 Å². The number of aryl methyl sites for hydroxylation is 1. The quantitative estimate of drug-likeness (QED) is 0.494. The molecule has 1 aromatic rings. The van der Waals surface area contributed by atoms with Gasteiger partial charge in [0.05, 0.1) is 17.8 Å². The number of thiazole rings is 1. The van der Waals surface area contributed by atoms with E-state index in [9.17, 15) is 14.1 Å². The Morgan fingerprint density at radius 2 is 2.13 bits per heavy atom. The van der Waals surface area contributed by atoms with Crippen LogP contribution >= 0.6 is 22.9 Å². The Kier molecular flexibility index (Phi) is 8.75. The standard InChI is InChI=1S/C19H26ClFN4O4S/c1-6-10(2)16(20)22-12(4)17(26)24-13-7-8-25(9-14(13)28-5)19-23-11(3)15(30-19)18(27)29-21/h13-14H,6-9H2,1-5H3,(H,24,26)/b16-10+,22-12+/t13?,14-/m0/s1. The van der Waals surface area contributed by atoms with Crippen LogP contribution in [0.25, 0.3) is 0 Å². The van der Waals surface area contributed by atoms with Crippen LogP contribution < -0.4 is 10.2 Å². The summed E-state index contributed by atoms with van der Waals surface area (Å²) in [5.74, 6) is -1.36. The second-order valence-corrected chi connectivity index (χ2v) is 8.32. The van der Waals surface area contributed by atoms with Gasteiger partial charge in [-0.25, -0.2) is 19.7 Å². The van der Waals surface area contributed by atoms with Crippen molar-refractivity contribution in [3.63, 3.8) is 0 Å². The molecule has 8 nitrogen and oxygen atoms in total. The molecule has 1 aliphatic heterocycles. The first-order chi connectivity index (χ1) is 14.2. The van der Waals surface area contributed by atoms with Crippen molar-refractivity contribution in [2.24, 2.45) is 4.99 Å². The zero-order valence-electron chi connectivity index (χ0n) is 17.6. The molecule has 1 saturated heterocycles. The van der Waals surface area contributed by atoms with Crippen molar-refractivity contribution in [2.45, 2.75) is 52.7 Å². The van der Waals surface area contributed by atoms with Gasteiger partial charge in [-0.15, -0.1) is 0 Å². The van der Waals surface area contributed by atoms with Crippen molar-refractivity contribution in [3.05, 3.63) is 21.3 Å². The number of allylic oxidation sites excluding steroid dienone is 1. The fourth-order valence-electron chi connectivity index (χ4n) is 2.95. The minimum absolute atomic E-state index is 0.121. The number of aromatic nitrogens is 1. The number of amides is 1. The predicted octanol–water partition coefficient (Wildman–Crippen LogP) is 3.54. The average Bonchev–Trinajstić information content (AvgIpc) is 3.14. The normalized spacial score (nSPS) is 20.6. The molecule has 11 heteroatoms. The van der Waals surface area contributed by atoms with E-state index < -0.39 is 5.97 Å². The third-order valence-electron chi connectivity index (χ3n) is 4.97. The number of ether oxygens (including phenoxy) is 1. The van der Waals surface area contributed by atoms with E-state index in [1.807, 2.05) is 18.7 Å². The number of carbonyl (C=O) groups excluding carboxylic acids is 2. The second kappa shape index (κ2) is 10.8. The summed E-state index contributed by atoms with van der Waals surface area (Å²) in [4.78, 5) is 37.9. The molecule has 0 radical (unpaired) electrons. The maximum absolute atomic E-state index is 12.5. The largest absolute Gasteiger partial charge is 0.391 e. The molecule has 1 aromatic heterocycles. The summed E-state index contributed by atoms with van der Waals surface area (Å²) in [6.07, 6.45) is 1.04. The Morgan fingerprint density at radius 1 is 1.43 bits per heavy atom. The first kappa shape index (κ1) is 24.2. The maximum Gasteiger partial charge on any atom is 0.391 e. The lowest BCUT2D eigenvalue weighted by Gasteiger charge is -2.37. The van der Waals surface area contributed by atoms with Crippen molar-refractivity contribution < 1.29 is 23.8 Å². The predicted molar refractivity (Wildman–Crippen MR) is 115 cm³/mol. The Hall–Kier alpha value is -2.04. The first-order valence-electron chi connectivity index (χ1n) is 9.51. The lowest BCUT2D eigenvalue weighted by Crippen LogP contribution is -2.55. The number of carbonyl (C=O) groups is 2. The molecule has 1 amide bonds. The van der Waals surface area contributed by atoms with E-state index in [1.165, 1.54) is 0 Å². The van der Waals surface area contributed by atoms with Gasteiger partial charge in [-0.3, -0.25) is 4.79 Å². The summed E-state index contributed by atoms with van der Waals surface area (Å²) in [6.45, 7) is 8.09. The summed E-state index contributed by atoms with van der Waals surface area (Å²) >= 11 is 7.18. The van der Waals surface area contributed by atoms with Crippen LogP contribution in [0, 0.1) is 6.92 Å². The van der Waals surface area contributed by atoms with Gasteiger partial charge in [0.25, 0.3) is 5.91 Å². The zero-order chi connectivity index (χ0) is 22.4. The molecule has 166 valence electrons. The second-order valence-electron chi connectivity index (χ2n) is 6.99. The van der Waals surface area contributed by atoms with Crippen molar-refractivity contribution in [1.82, 2.24) is 10.3 Å². The molecule has 1 aliphatic rings. The van der Waals surface area contributed by atoms with E-state index in [1.54, 1.807) is 21.0 Å². The number of aliphatic imine (C=N–C) groups is 1. The van der Waals surface area contributed by atoms with Gasteiger partial charge in [-0.1, -0.05) is 29.9 Å². The molecule has 0 spiro atoms. The Morgan fingerprint density at radius 3 is 2.73 bits per heavy atom. The van der Waals surface area contributed by atoms with Crippen LogP contribution in [-0.4, -0.2) is 54.9 Å². The average molecular weight is 461 g/mol. The molecular formula is C19H26ClFN4O4S. The van der Waals surface area contributed by atoms with Crippen molar-refractivity contribution in [1.29, 1.82) is 0 Å². The molecule has 1 unspecified atom stereocenters. The molecule has 1 N–H and O–H groups in total. The molecule has 0 aromatic carbocycles. The third kappa shape index (κ3) is 5.77. The SMILES string of the molecule is CC/C(C)=C(Cl)/N=C(\C)C(=O)NC1CCN(c2nc(C)c(C(=O)OF)s2)C[C@@H]1OC. The van der Waals surface area contributed by atoms with E-state index in [0.717, 1.165) is 23.3 Å². The summed E-state index contributed by atoms with van der Waals surface area (Å²) in [6, 6.07) is -0.227. The number of rotatable bonds is 7. The molecule has 0 bridgehead atoms. The van der Waals surface area contributed by atoms with Gasteiger partial charge < -0.3 is 15.0 Å².